The molecule has 4 heteroatoms. The molecule has 1 aromatic heterocycles. The fraction of sp³-hybridized carbons (Fsp3) is 0.167. The van der Waals surface area contributed by atoms with Gasteiger partial charge in [0.25, 0.3) is 0 Å². The molecule has 22 heavy (non-hydrogen) atoms. The predicted octanol–water partition coefficient (Wildman–Crippen LogP) is 3.95. The fourth-order valence-electron chi connectivity index (χ4n) is 2.44. The van der Waals surface area contributed by atoms with Crippen molar-refractivity contribution >= 4 is 17.3 Å². The van der Waals surface area contributed by atoms with Gasteiger partial charge in [-0.2, -0.15) is 0 Å². The summed E-state index contributed by atoms with van der Waals surface area (Å²) in [7, 11) is 0. The third-order valence-electron chi connectivity index (χ3n) is 3.68. The maximum absolute atomic E-state index is 5.91. The van der Waals surface area contributed by atoms with E-state index >= 15 is 0 Å². The minimum atomic E-state index is 0.772. The number of anilines is 1. The molecular weight excluding hydrogens is 294 g/mol. The van der Waals surface area contributed by atoms with E-state index in [-0.39, 0.29) is 0 Å². The number of aryl methyl sites for hydroxylation is 2. The first-order valence-corrected chi connectivity index (χ1v) is 7.67. The topological polar surface area (TPSA) is 43.8 Å². The maximum atomic E-state index is 5.91. The second-order valence-electron chi connectivity index (χ2n) is 5.34. The lowest BCUT2D eigenvalue weighted by molar-refractivity contribution is 0.712. The first-order valence-electron chi connectivity index (χ1n) is 7.29. The van der Waals surface area contributed by atoms with Crippen LogP contribution < -0.4 is 5.73 Å². The minimum Gasteiger partial charge on any atom is -0.399 e. The fourth-order valence-corrected chi connectivity index (χ4v) is 2.57. The van der Waals surface area contributed by atoms with Gasteiger partial charge in [0.15, 0.2) is 0 Å². The van der Waals surface area contributed by atoms with Crippen LogP contribution in [-0.4, -0.2) is 9.55 Å². The van der Waals surface area contributed by atoms with E-state index in [0.29, 0.717) is 0 Å². The van der Waals surface area contributed by atoms with Crippen molar-refractivity contribution in [2.45, 2.75) is 19.4 Å². The van der Waals surface area contributed by atoms with Crippen LogP contribution >= 0.6 is 11.6 Å². The Bertz CT molecular complexity index is 730. The molecule has 0 saturated heterocycles. The van der Waals surface area contributed by atoms with Gasteiger partial charge >= 0.3 is 0 Å². The second-order valence-corrected chi connectivity index (χ2v) is 5.78. The van der Waals surface area contributed by atoms with Crippen molar-refractivity contribution in [2.24, 2.45) is 0 Å². The number of nitrogens with two attached hydrogens (primary N) is 1. The summed E-state index contributed by atoms with van der Waals surface area (Å²) in [5, 5.41) is 0.772. The highest BCUT2D eigenvalue weighted by Crippen LogP contribution is 2.13. The summed E-state index contributed by atoms with van der Waals surface area (Å²) in [6.45, 7) is 0.816. The molecule has 0 unspecified atom stereocenters. The second kappa shape index (κ2) is 6.67. The summed E-state index contributed by atoms with van der Waals surface area (Å²) in [4.78, 5) is 4.47. The van der Waals surface area contributed by atoms with Crippen molar-refractivity contribution in [1.29, 1.82) is 0 Å². The van der Waals surface area contributed by atoms with Crippen LogP contribution in [0.15, 0.2) is 60.9 Å². The average Bonchev–Trinajstić information content (AvgIpc) is 2.96. The van der Waals surface area contributed by atoms with E-state index < -0.39 is 0 Å². The largest absolute Gasteiger partial charge is 0.399 e. The lowest BCUT2D eigenvalue weighted by Gasteiger charge is -2.08. The molecule has 0 aliphatic rings. The van der Waals surface area contributed by atoms with E-state index in [1.54, 1.807) is 0 Å². The molecule has 0 aliphatic heterocycles. The molecule has 0 radical (unpaired) electrons. The van der Waals surface area contributed by atoms with Crippen LogP contribution in [-0.2, 0) is 19.4 Å². The van der Waals surface area contributed by atoms with Crippen molar-refractivity contribution in [3.8, 4) is 0 Å². The number of rotatable bonds is 5. The lowest BCUT2D eigenvalue weighted by atomic mass is 10.1. The Morgan fingerprint density at radius 2 is 1.59 bits per heavy atom. The van der Waals surface area contributed by atoms with Gasteiger partial charge in [-0.25, -0.2) is 4.98 Å². The number of halogens is 1. The van der Waals surface area contributed by atoms with E-state index in [0.717, 1.165) is 35.9 Å². The van der Waals surface area contributed by atoms with Crippen molar-refractivity contribution < 1.29 is 0 Å². The summed E-state index contributed by atoms with van der Waals surface area (Å²) >= 11 is 5.91. The van der Waals surface area contributed by atoms with Gasteiger partial charge in [-0.05, 0) is 41.8 Å². The van der Waals surface area contributed by atoms with E-state index in [1.807, 2.05) is 36.7 Å². The van der Waals surface area contributed by atoms with Gasteiger partial charge in [0.1, 0.15) is 5.82 Å². The number of aromatic nitrogens is 2. The Balaban J connectivity index is 1.66. The zero-order valence-corrected chi connectivity index (χ0v) is 13.0. The average molecular weight is 312 g/mol. The van der Waals surface area contributed by atoms with E-state index in [1.165, 1.54) is 11.1 Å². The zero-order valence-electron chi connectivity index (χ0n) is 12.2. The predicted molar refractivity (Wildman–Crippen MR) is 91.0 cm³/mol. The molecule has 2 N–H and O–H groups in total. The minimum absolute atomic E-state index is 0.772. The Morgan fingerprint density at radius 3 is 2.32 bits per heavy atom. The standard InChI is InChI=1S/C18H18ClN3/c19-16-6-1-14(2-7-16)5-10-18-21-11-12-22(18)13-15-3-8-17(20)9-4-15/h1-4,6-9,11-12H,5,10,13,20H2. The molecule has 0 bridgehead atoms. The monoisotopic (exact) mass is 311 g/mol. The van der Waals surface area contributed by atoms with Gasteiger partial charge in [-0.3, -0.25) is 0 Å². The molecule has 0 aliphatic carbocycles. The van der Waals surface area contributed by atoms with E-state index in [9.17, 15) is 0 Å². The smallest absolute Gasteiger partial charge is 0.109 e. The molecule has 0 amide bonds. The van der Waals surface area contributed by atoms with Gasteiger partial charge in [0, 0.05) is 36.1 Å². The number of nitrogens with zero attached hydrogens (tertiary/aromatic N) is 2. The van der Waals surface area contributed by atoms with Crippen LogP contribution in [0.25, 0.3) is 0 Å². The Kier molecular flexibility index (Phi) is 4.45. The van der Waals surface area contributed by atoms with E-state index in [4.69, 9.17) is 17.3 Å². The highest BCUT2D eigenvalue weighted by atomic mass is 35.5. The van der Waals surface area contributed by atoms with Crippen molar-refractivity contribution in [1.82, 2.24) is 9.55 Å². The van der Waals surface area contributed by atoms with Crippen LogP contribution in [0.2, 0.25) is 5.02 Å². The van der Waals surface area contributed by atoms with Gasteiger partial charge in [0.2, 0.25) is 0 Å². The number of hydrogen-bond acceptors (Lipinski definition) is 2. The molecule has 3 nitrogen and oxygen atoms in total. The third kappa shape index (κ3) is 3.68. The van der Waals surface area contributed by atoms with Crippen molar-refractivity contribution in [3.63, 3.8) is 0 Å². The summed E-state index contributed by atoms with van der Waals surface area (Å²) in [5.74, 6) is 1.09. The number of benzene rings is 2. The van der Waals surface area contributed by atoms with Crippen molar-refractivity contribution in [2.75, 3.05) is 5.73 Å². The SMILES string of the molecule is Nc1ccc(Cn2ccnc2CCc2ccc(Cl)cc2)cc1. The molecule has 3 rings (SSSR count). The van der Waals surface area contributed by atoms with Crippen LogP contribution in [0.3, 0.4) is 0 Å². The molecule has 0 atom stereocenters. The van der Waals surface area contributed by atoms with E-state index in [2.05, 4.69) is 33.8 Å². The Morgan fingerprint density at radius 1 is 0.909 bits per heavy atom. The quantitative estimate of drug-likeness (QED) is 0.725. The molecule has 112 valence electrons. The molecule has 2 aromatic carbocycles. The van der Waals surface area contributed by atoms with Crippen LogP contribution in [0.1, 0.15) is 17.0 Å². The number of nitrogen functional groups attached to an aromatic ring is 1. The summed E-state index contributed by atoms with van der Waals surface area (Å²) in [6.07, 6.45) is 5.74. The molecular formula is C18H18ClN3. The summed E-state index contributed by atoms with van der Waals surface area (Å²) in [6, 6.07) is 16.0. The van der Waals surface area contributed by atoms with Crippen LogP contribution in [0.4, 0.5) is 5.69 Å². The zero-order chi connectivity index (χ0) is 15.4. The highest BCUT2D eigenvalue weighted by molar-refractivity contribution is 6.30. The first kappa shape index (κ1) is 14.7. The van der Waals surface area contributed by atoms with Gasteiger partial charge in [-0.1, -0.05) is 35.9 Å². The first-order chi connectivity index (χ1) is 10.7. The Labute approximate surface area is 135 Å². The van der Waals surface area contributed by atoms with Gasteiger partial charge in [-0.15, -0.1) is 0 Å². The number of imidazole rings is 1. The summed E-state index contributed by atoms with van der Waals surface area (Å²) < 4.78 is 2.18. The molecule has 1 heterocycles. The van der Waals surface area contributed by atoms with Crippen LogP contribution in [0, 0.1) is 0 Å². The molecule has 0 fully saturated rings. The highest BCUT2D eigenvalue weighted by Gasteiger charge is 2.04. The molecule has 0 spiro atoms. The normalized spacial score (nSPS) is 10.8. The molecule has 0 saturated carbocycles. The van der Waals surface area contributed by atoms with Gasteiger partial charge in [0.05, 0.1) is 0 Å². The van der Waals surface area contributed by atoms with Crippen molar-refractivity contribution in [3.05, 3.63) is 82.9 Å². The lowest BCUT2D eigenvalue weighted by Crippen LogP contribution is -2.06. The summed E-state index contributed by atoms with van der Waals surface area (Å²) in [5.41, 5.74) is 9.01. The van der Waals surface area contributed by atoms with Gasteiger partial charge < -0.3 is 10.3 Å². The maximum Gasteiger partial charge on any atom is 0.109 e. The third-order valence-corrected chi connectivity index (χ3v) is 3.94. The van der Waals surface area contributed by atoms with Crippen LogP contribution in [0.5, 0.6) is 0 Å². The Hall–Kier alpha value is -2.26. The molecule has 3 aromatic rings. The number of hydrogen-bond donors (Lipinski definition) is 1.